The molecule has 0 spiro atoms. The van der Waals surface area contributed by atoms with Crippen LogP contribution in [0.15, 0.2) is 0 Å². The Bertz CT molecular complexity index is 245. The third kappa shape index (κ3) is 4.89. The number of likely N-dealkylation sites (tertiary alicyclic amines) is 1. The molecule has 18 heavy (non-hydrogen) atoms. The van der Waals surface area contributed by atoms with Gasteiger partial charge in [0.1, 0.15) is 0 Å². The molecule has 0 aromatic rings. The van der Waals surface area contributed by atoms with Crippen molar-refractivity contribution in [3.8, 4) is 0 Å². The van der Waals surface area contributed by atoms with Gasteiger partial charge in [0.2, 0.25) is 0 Å². The van der Waals surface area contributed by atoms with Gasteiger partial charge in [-0.3, -0.25) is 4.90 Å². The maximum atomic E-state index is 5.77. The molecule has 0 bridgehead atoms. The highest BCUT2D eigenvalue weighted by Crippen LogP contribution is 2.39. The van der Waals surface area contributed by atoms with E-state index in [0.717, 1.165) is 13.0 Å². The zero-order chi connectivity index (χ0) is 13.8. The van der Waals surface area contributed by atoms with Gasteiger partial charge in [-0.2, -0.15) is 0 Å². The zero-order valence-electron chi connectivity index (χ0n) is 13.3. The molecular formula is C16H34N2. The minimum Gasteiger partial charge on any atom is -0.330 e. The molecule has 2 nitrogen and oxygen atoms in total. The van der Waals surface area contributed by atoms with Crippen LogP contribution in [0, 0.1) is 10.8 Å². The van der Waals surface area contributed by atoms with Crippen molar-refractivity contribution in [1.82, 2.24) is 4.90 Å². The van der Waals surface area contributed by atoms with Gasteiger partial charge in [-0.05, 0) is 56.0 Å². The fraction of sp³-hybridized carbons (Fsp3) is 1.00. The number of hydrogen-bond acceptors (Lipinski definition) is 2. The van der Waals surface area contributed by atoms with Gasteiger partial charge in [0.25, 0.3) is 0 Å². The summed E-state index contributed by atoms with van der Waals surface area (Å²) in [6.07, 6.45) is 6.40. The SMILES string of the molecule is CCC(CCN)N1CCCC(C)(C)CC(C)(C)C1. The van der Waals surface area contributed by atoms with Crippen LogP contribution in [0.2, 0.25) is 0 Å². The average molecular weight is 254 g/mol. The molecule has 0 radical (unpaired) electrons. The summed E-state index contributed by atoms with van der Waals surface area (Å²) >= 11 is 0. The third-order valence-corrected chi connectivity index (χ3v) is 4.37. The quantitative estimate of drug-likeness (QED) is 0.829. The van der Waals surface area contributed by atoms with Crippen LogP contribution in [0.25, 0.3) is 0 Å². The lowest BCUT2D eigenvalue weighted by atomic mass is 9.71. The lowest BCUT2D eigenvalue weighted by molar-refractivity contribution is 0.0573. The Balaban J connectivity index is 2.72. The number of nitrogens with two attached hydrogens (primary N) is 1. The number of rotatable bonds is 4. The average Bonchev–Trinajstić information content (AvgIpc) is 2.20. The zero-order valence-corrected chi connectivity index (χ0v) is 13.3. The lowest BCUT2D eigenvalue weighted by Crippen LogP contribution is -2.45. The van der Waals surface area contributed by atoms with Gasteiger partial charge < -0.3 is 5.73 Å². The van der Waals surface area contributed by atoms with E-state index in [-0.39, 0.29) is 0 Å². The fourth-order valence-electron chi connectivity index (χ4n) is 3.98. The molecule has 1 fully saturated rings. The summed E-state index contributed by atoms with van der Waals surface area (Å²) in [6.45, 7) is 15.3. The van der Waals surface area contributed by atoms with Crippen LogP contribution in [0.1, 0.15) is 66.7 Å². The Morgan fingerprint density at radius 2 is 1.83 bits per heavy atom. The van der Waals surface area contributed by atoms with Crippen molar-refractivity contribution in [2.75, 3.05) is 19.6 Å². The first-order valence-corrected chi connectivity index (χ1v) is 7.74. The maximum Gasteiger partial charge on any atom is 0.0105 e. The smallest absolute Gasteiger partial charge is 0.0105 e. The molecule has 1 atom stereocenters. The predicted molar refractivity (Wildman–Crippen MR) is 80.7 cm³/mol. The molecule has 1 saturated heterocycles. The highest BCUT2D eigenvalue weighted by Gasteiger charge is 2.33. The molecule has 1 unspecified atom stereocenters. The van der Waals surface area contributed by atoms with Gasteiger partial charge >= 0.3 is 0 Å². The molecule has 0 aromatic heterocycles. The first-order valence-electron chi connectivity index (χ1n) is 7.74. The molecule has 0 saturated carbocycles. The van der Waals surface area contributed by atoms with E-state index in [9.17, 15) is 0 Å². The second-order valence-corrected chi connectivity index (χ2v) is 7.72. The standard InChI is InChI=1S/C16H34N2/c1-6-14(8-10-17)18-11-7-9-15(2,3)12-16(4,5)13-18/h14H,6-13,17H2,1-5H3. The number of hydrogen-bond donors (Lipinski definition) is 1. The Morgan fingerprint density at radius 3 is 2.39 bits per heavy atom. The van der Waals surface area contributed by atoms with E-state index < -0.39 is 0 Å². The van der Waals surface area contributed by atoms with Crippen LogP contribution in [0.4, 0.5) is 0 Å². The van der Waals surface area contributed by atoms with Crippen molar-refractivity contribution in [2.24, 2.45) is 16.6 Å². The van der Waals surface area contributed by atoms with E-state index in [2.05, 4.69) is 39.5 Å². The topological polar surface area (TPSA) is 29.3 Å². The Hall–Kier alpha value is -0.0800. The van der Waals surface area contributed by atoms with Crippen LogP contribution < -0.4 is 5.73 Å². The second kappa shape index (κ2) is 6.38. The van der Waals surface area contributed by atoms with Gasteiger partial charge in [0, 0.05) is 12.6 Å². The summed E-state index contributed by atoms with van der Waals surface area (Å²) in [5, 5.41) is 0. The van der Waals surface area contributed by atoms with E-state index in [4.69, 9.17) is 5.73 Å². The number of nitrogens with zero attached hydrogens (tertiary/aromatic N) is 1. The molecule has 108 valence electrons. The predicted octanol–water partition coefficient (Wildman–Crippen LogP) is 3.65. The van der Waals surface area contributed by atoms with Crippen LogP contribution >= 0.6 is 0 Å². The summed E-state index contributed by atoms with van der Waals surface area (Å²) < 4.78 is 0. The van der Waals surface area contributed by atoms with Crippen molar-refractivity contribution in [3.63, 3.8) is 0 Å². The molecule has 1 rings (SSSR count). The summed E-state index contributed by atoms with van der Waals surface area (Å²) in [5.74, 6) is 0. The lowest BCUT2D eigenvalue weighted by Gasteiger charge is -2.44. The van der Waals surface area contributed by atoms with Crippen molar-refractivity contribution in [3.05, 3.63) is 0 Å². The Kier molecular flexibility index (Phi) is 5.67. The first-order chi connectivity index (χ1) is 8.29. The van der Waals surface area contributed by atoms with E-state index in [0.29, 0.717) is 16.9 Å². The Morgan fingerprint density at radius 1 is 1.17 bits per heavy atom. The van der Waals surface area contributed by atoms with Crippen LogP contribution in [0.3, 0.4) is 0 Å². The largest absolute Gasteiger partial charge is 0.330 e. The highest BCUT2D eigenvalue weighted by molar-refractivity contribution is 4.86. The minimum absolute atomic E-state index is 0.423. The maximum absolute atomic E-state index is 5.77. The van der Waals surface area contributed by atoms with Crippen LogP contribution in [0.5, 0.6) is 0 Å². The third-order valence-electron chi connectivity index (χ3n) is 4.37. The molecule has 1 aliphatic rings. The molecule has 2 heteroatoms. The molecule has 0 aromatic carbocycles. The first kappa shape index (κ1) is 16.0. The van der Waals surface area contributed by atoms with Gasteiger partial charge in [0.05, 0.1) is 0 Å². The van der Waals surface area contributed by atoms with E-state index in [1.54, 1.807) is 0 Å². The second-order valence-electron chi connectivity index (χ2n) is 7.72. The molecule has 2 N–H and O–H groups in total. The molecule has 1 aliphatic heterocycles. The van der Waals surface area contributed by atoms with E-state index in [1.807, 2.05) is 0 Å². The van der Waals surface area contributed by atoms with Crippen LogP contribution in [-0.4, -0.2) is 30.6 Å². The molecular weight excluding hydrogens is 220 g/mol. The minimum atomic E-state index is 0.423. The van der Waals surface area contributed by atoms with Crippen molar-refractivity contribution < 1.29 is 0 Å². The van der Waals surface area contributed by atoms with E-state index in [1.165, 1.54) is 38.8 Å². The van der Waals surface area contributed by atoms with Gasteiger partial charge in [-0.25, -0.2) is 0 Å². The summed E-state index contributed by atoms with van der Waals surface area (Å²) in [5.41, 5.74) is 6.69. The molecule has 1 heterocycles. The Labute approximate surface area is 114 Å². The van der Waals surface area contributed by atoms with Gasteiger partial charge in [0.15, 0.2) is 0 Å². The van der Waals surface area contributed by atoms with Crippen molar-refractivity contribution in [1.29, 1.82) is 0 Å². The fourth-order valence-corrected chi connectivity index (χ4v) is 3.98. The highest BCUT2D eigenvalue weighted by atomic mass is 15.2. The summed E-state index contributed by atoms with van der Waals surface area (Å²) in [7, 11) is 0. The van der Waals surface area contributed by atoms with Gasteiger partial charge in [-0.1, -0.05) is 34.6 Å². The normalized spacial score (nSPS) is 26.3. The summed E-state index contributed by atoms with van der Waals surface area (Å²) in [6, 6.07) is 0.690. The van der Waals surface area contributed by atoms with Crippen LogP contribution in [-0.2, 0) is 0 Å². The van der Waals surface area contributed by atoms with E-state index >= 15 is 0 Å². The molecule has 0 aliphatic carbocycles. The monoisotopic (exact) mass is 254 g/mol. The van der Waals surface area contributed by atoms with Crippen molar-refractivity contribution >= 4 is 0 Å². The van der Waals surface area contributed by atoms with Gasteiger partial charge in [-0.15, -0.1) is 0 Å². The summed E-state index contributed by atoms with van der Waals surface area (Å²) in [4.78, 5) is 2.71. The molecule has 0 amide bonds. The van der Waals surface area contributed by atoms with Crippen molar-refractivity contribution in [2.45, 2.75) is 72.8 Å².